The minimum atomic E-state index is -0.471. The molecule has 0 radical (unpaired) electrons. The first kappa shape index (κ1) is 13.7. The van der Waals surface area contributed by atoms with E-state index in [1.54, 1.807) is 56.6 Å². The maximum absolute atomic E-state index is 11.2. The lowest BCUT2D eigenvalue weighted by Crippen LogP contribution is -1.99. The Kier molecular flexibility index (Phi) is 4.05. The van der Waals surface area contributed by atoms with Crippen LogP contribution in [-0.4, -0.2) is 19.1 Å². The van der Waals surface area contributed by atoms with Gasteiger partial charge < -0.3 is 14.8 Å². The van der Waals surface area contributed by atoms with E-state index in [9.17, 15) is 10.1 Å². The Hall–Kier alpha value is -2.76. The number of ether oxygens (including phenoxy) is 2. The quantitative estimate of drug-likeness (QED) is 0.667. The predicted octanol–water partition coefficient (Wildman–Crippen LogP) is 3.44. The molecule has 0 amide bonds. The monoisotopic (exact) mass is 274 g/mol. The highest BCUT2D eigenvalue weighted by Gasteiger charge is 2.20. The number of hydrogen-bond acceptors (Lipinski definition) is 5. The molecular weight excluding hydrogens is 260 g/mol. The maximum Gasteiger partial charge on any atom is 0.334 e. The first-order valence-corrected chi connectivity index (χ1v) is 5.92. The van der Waals surface area contributed by atoms with E-state index < -0.39 is 4.92 Å². The lowest BCUT2D eigenvalue weighted by Gasteiger charge is -2.09. The molecule has 0 atom stereocenters. The van der Waals surface area contributed by atoms with Gasteiger partial charge >= 0.3 is 5.69 Å². The summed E-state index contributed by atoms with van der Waals surface area (Å²) in [7, 11) is 3.17. The smallest absolute Gasteiger partial charge is 0.334 e. The molecule has 6 nitrogen and oxygen atoms in total. The van der Waals surface area contributed by atoms with E-state index in [-0.39, 0.29) is 11.4 Å². The van der Waals surface area contributed by atoms with Gasteiger partial charge in [0.25, 0.3) is 0 Å². The molecule has 0 heterocycles. The van der Waals surface area contributed by atoms with Crippen molar-refractivity contribution in [2.45, 2.75) is 0 Å². The normalized spacial score (nSPS) is 9.90. The molecule has 2 aromatic rings. The van der Waals surface area contributed by atoms with Gasteiger partial charge in [-0.05, 0) is 24.3 Å². The van der Waals surface area contributed by atoms with Crippen LogP contribution in [0.2, 0.25) is 0 Å². The van der Waals surface area contributed by atoms with Gasteiger partial charge in [0.1, 0.15) is 17.2 Å². The third-order valence-corrected chi connectivity index (χ3v) is 2.72. The Morgan fingerprint density at radius 1 is 1.15 bits per heavy atom. The van der Waals surface area contributed by atoms with Gasteiger partial charge in [0.2, 0.25) is 5.75 Å². The van der Waals surface area contributed by atoms with Crippen LogP contribution in [0.3, 0.4) is 0 Å². The van der Waals surface area contributed by atoms with Crippen molar-refractivity contribution in [2.24, 2.45) is 0 Å². The number of nitro groups is 1. The Morgan fingerprint density at radius 2 is 1.85 bits per heavy atom. The van der Waals surface area contributed by atoms with Gasteiger partial charge in [-0.2, -0.15) is 0 Å². The van der Waals surface area contributed by atoms with Crippen molar-refractivity contribution < 1.29 is 14.4 Å². The number of hydrogen-bond donors (Lipinski definition) is 1. The number of para-hydroxylation sites is 1. The number of nitro benzene ring substituents is 1. The number of anilines is 1. The molecule has 0 saturated carbocycles. The molecule has 0 aromatic heterocycles. The fourth-order valence-corrected chi connectivity index (χ4v) is 1.79. The molecule has 0 bridgehead atoms. The van der Waals surface area contributed by atoms with Crippen molar-refractivity contribution in [1.82, 2.24) is 0 Å². The second-order valence-electron chi connectivity index (χ2n) is 3.94. The molecule has 0 aliphatic carbocycles. The summed E-state index contributed by atoms with van der Waals surface area (Å²) in [5, 5.41) is 14.0. The molecule has 104 valence electrons. The van der Waals surface area contributed by atoms with Gasteiger partial charge in [-0.15, -0.1) is 0 Å². The third kappa shape index (κ3) is 2.80. The minimum Gasteiger partial charge on any atom is -0.497 e. The molecule has 0 spiro atoms. The van der Waals surface area contributed by atoms with Crippen LogP contribution >= 0.6 is 0 Å². The van der Waals surface area contributed by atoms with Crippen molar-refractivity contribution in [3.63, 3.8) is 0 Å². The number of rotatable bonds is 5. The standard InChI is InChI=1S/C14H14N2O4/c1-15-12-7-4-8-13(14(12)16(17)18)20-11-6-3-5-10(9-11)19-2/h3-9,15H,1-2H3. The van der Waals surface area contributed by atoms with Crippen LogP contribution in [0.4, 0.5) is 11.4 Å². The largest absolute Gasteiger partial charge is 0.497 e. The Bertz CT molecular complexity index is 628. The highest BCUT2D eigenvalue weighted by atomic mass is 16.6. The number of nitrogens with zero attached hydrogens (tertiary/aromatic N) is 1. The van der Waals surface area contributed by atoms with Crippen LogP contribution < -0.4 is 14.8 Å². The number of nitrogens with one attached hydrogen (secondary N) is 1. The van der Waals surface area contributed by atoms with Crippen molar-refractivity contribution in [3.8, 4) is 17.2 Å². The van der Waals surface area contributed by atoms with E-state index in [1.807, 2.05) is 0 Å². The molecule has 0 saturated heterocycles. The zero-order chi connectivity index (χ0) is 14.5. The fraction of sp³-hybridized carbons (Fsp3) is 0.143. The second kappa shape index (κ2) is 5.92. The summed E-state index contributed by atoms with van der Waals surface area (Å²) in [4.78, 5) is 10.7. The van der Waals surface area contributed by atoms with Crippen LogP contribution in [0.5, 0.6) is 17.2 Å². The van der Waals surface area contributed by atoms with Gasteiger partial charge in [-0.3, -0.25) is 10.1 Å². The Labute approximate surface area is 116 Å². The van der Waals surface area contributed by atoms with Gasteiger partial charge in [-0.25, -0.2) is 0 Å². The molecule has 2 rings (SSSR count). The van der Waals surface area contributed by atoms with E-state index in [4.69, 9.17) is 9.47 Å². The lowest BCUT2D eigenvalue weighted by molar-refractivity contribution is -0.384. The highest BCUT2D eigenvalue weighted by Crippen LogP contribution is 2.37. The second-order valence-corrected chi connectivity index (χ2v) is 3.94. The highest BCUT2D eigenvalue weighted by molar-refractivity contribution is 5.68. The van der Waals surface area contributed by atoms with E-state index in [0.717, 1.165) is 0 Å². The first-order valence-electron chi connectivity index (χ1n) is 5.92. The Morgan fingerprint density at radius 3 is 2.50 bits per heavy atom. The maximum atomic E-state index is 11.2. The Balaban J connectivity index is 2.40. The fourth-order valence-electron chi connectivity index (χ4n) is 1.79. The molecule has 0 fully saturated rings. The van der Waals surface area contributed by atoms with Crippen molar-refractivity contribution >= 4 is 11.4 Å². The molecular formula is C14H14N2O4. The first-order chi connectivity index (χ1) is 9.65. The van der Waals surface area contributed by atoms with E-state index in [0.29, 0.717) is 17.2 Å². The van der Waals surface area contributed by atoms with Crippen LogP contribution in [-0.2, 0) is 0 Å². The molecule has 0 aliphatic rings. The van der Waals surface area contributed by atoms with Crippen molar-refractivity contribution in [1.29, 1.82) is 0 Å². The van der Waals surface area contributed by atoms with Gasteiger partial charge in [0, 0.05) is 13.1 Å². The average molecular weight is 274 g/mol. The molecule has 2 aromatic carbocycles. The minimum absolute atomic E-state index is 0.0992. The zero-order valence-corrected chi connectivity index (χ0v) is 11.1. The summed E-state index contributed by atoms with van der Waals surface area (Å²) < 4.78 is 10.7. The molecule has 1 N–H and O–H groups in total. The van der Waals surface area contributed by atoms with Crippen LogP contribution in [0, 0.1) is 10.1 Å². The zero-order valence-electron chi connectivity index (χ0n) is 11.1. The SMILES string of the molecule is CNc1cccc(Oc2cccc(OC)c2)c1[N+](=O)[O-]. The molecule has 6 heteroatoms. The summed E-state index contributed by atoms with van der Waals surface area (Å²) in [5.74, 6) is 1.27. The third-order valence-electron chi connectivity index (χ3n) is 2.72. The summed E-state index contributed by atoms with van der Waals surface area (Å²) >= 11 is 0. The molecule has 0 unspecified atom stereocenters. The summed E-state index contributed by atoms with van der Waals surface area (Å²) in [6, 6.07) is 11.8. The van der Waals surface area contributed by atoms with Gasteiger partial charge in [0.15, 0.2) is 0 Å². The van der Waals surface area contributed by atoms with E-state index in [1.165, 1.54) is 0 Å². The van der Waals surface area contributed by atoms with Crippen LogP contribution in [0.1, 0.15) is 0 Å². The van der Waals surface area contributed by atoms with E-state index >= 15 is 0 Å². The van der Waals surface area contributed by atoms with Crippen molar-refractivity contribution in [3.05, 3.63) is 52.6 Å². The number of methoxy groups -OCH3 is 1. The summed E-state index contributed by atoms with van der Waals surface area (Å²) in [5.41, 5.74) is 0.299. The topological polar surface area (TPSA) is 73.6 Å². The average Bonchev–Trinajstić information content (AvgIpc) is 2.46. The molecule has 0 aliphatic heterocycles. The van der Waals surface area contributed by atoms with Crippen molar-refractivity contribution in [2.75, 3.05) is 19.5 Å². The predicted molar refractivity (Wildman–Crippen MR) is 75.7 cm³/mol. The summed E-state index contributed by atoms with van der Waals surface area (Å²) in [6.45, 7) is 0. The number of benzene rings is 2. The lowest BCUT2D eigenvalue weighted by atomic mass is 10.2. The molecule has 20 heavy (non-hydrogen) atoms. The van der Waals surface area contributed by atoms with Gasteiger partial charge in [-0.1, -0.05) is 12.1 Å². The van der Waals surface area contributed by atoms with Crippen LogP contribution in [0.15, 0.2) is 42.5 Å². The van der Waals surface area contributed by atoms with Gasteiger partial charge in [0.05, 0.1) is 12.0 Å². The van der Waals surface area contributed by atoms with E-state index in [2.05, 4.69) is 5.32 Å². The summed E-state index contributed by atoms with van der Waals surface area (Å²) in [6.07, 6.45) is 0. The van der Waals surface area contributed by atoms with Crippen LogP contribution in [0.25, 0.3) is 0 Å².